The van der Waals surface area contributed by atoms with E-state index < -0.39 is 0 Å². The molecular formula is C21H21N. The van der Waals surface area contributed by atoms with Crippen LogP contribution in [0.2, 0.25) is 0 Å². The summed E-state index contributed by atoms with van der Waals surface area (Å²) < 4.78 is 0. The molecule has 1 aliphatic carbocycles. The van der Waals surface area contributed by atoms with Gasteiger partial charge >= 0.3 is 0 Å². The first-order valence-electron chi connectivity index (χ1n) is 8.24. The summed E-state index contributed by atoms with van der Waals surface area (Å²) in [6.45, 7) is 0. The third-order valence-corrected chi connectivity index (χ3v) is 4.66. The molecule has 0 aliphatic heterocycles. The molecule has 0 bridgehead atoms. The Labute approximate surface area is 132 Å². The van der Waals surface area contributed by atoms with Crippen LogP contribution in [0, 0.1) is 0 Å². The van der Waals surface area contributed by atoms with Crippen LogP contribution in [0.15, 0.2) is 60.7 Å². The molecule has 0 fully saturated rings. The van der Waals surface area contributed by atoms with Crippen molar-refractivity contribution < 1.29 is 0 Å². The van der Waals surface area contributed by atoms with Gasteiger partial charge in [0.05, 0.1) is 0 Å². The lowest BCUT2D eigenvalue weighted by Gasteiger charge is -2.13. The van der Waals surface area contributed by atoms with Gasteiger partial charge in [-0.15, -0.1) is 0 Å². The number of rotatable bonds is 3. The van der Waals surface area contributed by atoms with E-state index >= 15 is 0 Å². The Kier molecular flexibility index (Phi) is 3.56. The van der Waals surface area contributed by atoms with Crippen molar-refractivity contribution in [3.63, 3.8) is 0 Å². The molecule has 2 aromatic carbocycles. The zero-order valence-electron chi connectivity index (χ0n) is 12.8. The normalized spacial score (nSPS) is 13.8. The maximum Gasteiger partial charge on any atom is 0.0276 e. The minimum absolute atomic E-state index is 0.984. The average molecular weight is 287 g/mol. The number of fused-ring (bicyclic) bond motifs is 1. The summed E-state index contributed by atoms with van der Waals surface area (Å²) in [7, 11) is 0. The fourth-order valence-electron chi connectivity index (χ4n) is 3.63. The smallest absolute Gasteiger partial charge is 0.0276 e. The second-order valence-corrected chi connectivity index (χ2v) is 6.17. The highest BCUT2D eigenvalue weighted by Gasteiger charge is 2.20. The highest BCUT2D eigenvalue weighted by molar-refractivity contribution is 5.72. The fourth-order valence-corrected chi connectivity index (χ4v) is 3.63. The molecule has 0 saturated heterocycles. The molecule has 0 unspecified atom stereocenters. The molecule has 1 heterocycles. The van der Waals surface area contributed by atoms with Crippen LogP contribution in [-0.4, -0.2) is 4.98 Å². The Balaban J connectivity index is 1.82. The van der Waals surface area contributed by atoms with Gasteiger partial charge < -0.3 is 4.98 Å². The molecule has 22 heavy (non-hydrogen) atoms. The number of aryl methyl sites for hydroxylation is 1. The molecule has 0 spiro atoms. The largest absolute Gasteiger partial charge is 0.361 e. The van der Waals surface area contributed by atoms with Crippen LogP contribution in [-0.2, 0) is 19.3 Å². The van der Waals surface area contributed by atoms with Crippen LogP contribution in [0.3, 0.4) is 0 Å². The summed E-state index contributed by atoms with van der Waals surface area (Å²) in [5.74, 6) is 0. The van der Waals surface area contributed by atoms with Crippen molar-refractivity contribution in [1.82, 2.24) is 4.98 Å². The first-order valence-corrected chi connectivity index (χ1v) is 8.24. The predicted molar refractivity (Wildman–Crippen MR) is 92.1 cm³/mol. The molecule has 0 saturated carbocycles. The van der Waals surface area contributed by atoms with E-state index in [2.05, 4.69) is 65.6 Å². The van der Waals surface area contributed by atoms with E-state index in [1.807, 2.05) is 0 Å². The minimum Gasteiger partial charge on any atom is -0.361 e. The minimum atomic E-state index is 0.984. The van der Waals surface area contributed by atoms with E-state index in [1.165, 1.54) is 53.8 Å². The van der Waals surface area contributed by atoms with Crippen LogP contribution < -0.4 is 0 Å². The number of aromatic amines is 1. The third kappa shape index (κ3) is 2.48. The van der Waals surface area contributed by atoms with Gasteiger partial charge in [-0.3, -0.25) is 0 Å². The van der Waals surface area contributed by atoms with Crippen molar-refractivity contribution in [3.8, 4) is 11.1 Å². The molecule has 0 atom stereocenters. The Morgan fingerprint density at radius 3 is 2.23 bits per heavy atom. The van der Waals surface area contributed by atoms with Gasteiger partial charge in [0.2, 0.25) is 0 Å². The highest BCUT2D eigenvalue weighted by Crippen LogP contribution is 2.35. The lowest BCUT2D eigenvalue weighted by Crippen LogP contribution is -2.01. The van der Waals surface area contributed by atoms with E-state index in [4.69, 9.17) is 0 Å². The lowest BCUT2D eigenvalue weighted by atomic mass is 9.90. The number of H-pyrrole nitrogens is 1. The zero-order valence-corrected chi connectivity index (χ0v) is 12.8. The summed E-state index contributed by atoms with van der Waals surface area (Å²) in [6, 6.07) is 21.6. The first-order chi connectivity index (χ1) is 10.9. The van der Waals surface area contributed by atoms with Crippen molar-refractivity contribution in [1.29, 1.82) is 0 Å². The number of hydrogen-bond donors (Lipinski definition) is 1. The van der Waals surface area contributed by atoms with Gasteiger partial charge in [0, 0.05) is 23.4 Å². The topological polar surface area (TPSA) is 15.8 Å². The summed E-state index contributed by atoms with van der Waals surface area (Å²) in [5, 5.41) is 0. The number of hydrogen-bond acceptors (Lipinski definition) is 0. The number of aromatic nitrogens is 1. The van der Waals surface area contributed by atoms with Crippen molar-refractivity contribution in [3.05, 3.63) is 83.2 Å². The standard InChI is InChI=1S/C21H21N/c1-3-9-16(10-4-1)15-20-21(17-11-5-2-6-12-17)18-13-7-8-14-19(18)22-20/h1-6,9-12,22H,7-8,13-15H2. The summed E-state index contributed by atoms with van der Waals surface area (Å²) >= 11 is 0. The van der Waals surface area contributed by atoms with Gasteiger partial charge in [-0.2, -0.15) is 0 Å². The molecule has 110 valence electrons. The van der Waals surface area contributed by atoms with Crippen LogP contribution in [0.25, 0.3) is 11.1 Å². The van der Waals surface area contributed by atoms with Crippen LogP contribution >= 0.6 is 0 Å². The predicted octanol–water partition coefficient (Wildman–Crippen LogP) is 5.15. The van der Waals surface area contributed by atoms with Crippen LogP contribution in [0.1, 0.15) is 35.4 Å². The Morgan fingerprint density at radius 2 is 1.45 bits per heavy atom. The van der Waals surface area contributed by atoms with E-state index in [0.29, 0.717) is 0 Å². The van der Waals surface area contributed by atoms with E-state index in [0.717, 1.165) is 6.42 Å². The first kappa shape index (κ1) is 13.4. The third-order valence-electron chi connectivity index (χ3n) is 4.66. The molecule has 1 nitrogen and oxygen atoms in total. The van der Waals surface area contributed by atoms with Gasteiger partial charge in [-0.1, -0.05) is 60.7 Å². The Bertz CT molecular complexity index is 753. The van der Waals surface area contributed by atoms with Crippen molar-refractivity contribution >= 4 is 0 Å². The average Bonchev–Trinajstić information content (AvgIpc) is 2.94. The number of benzene rings is 2. The molecule has 1 aromatic heterocycles. The van der Waals surface area contributed by atoms with Crippen molar-refractivity contribution in [2.75, 3.05) is 0 Å². The van der Waals surface area contributed by atoms with Gasteiger partial charge in [-0.25, -0.2) is 0 Å². The molecule has 1 N–H and O–H groups in total. The maximum absolute atomic E-state index is 3.75. The van der Waals surface area contributed by atoms with Gasteiger partial charge in [0.25, 0.3) is 0 Å². The van der Waals surface area contributed by atoms with Gasteiger partial charge in [-0.05, 0) is 42.4 Å². The van der Waals surface area contributed by atoms with Gasteiger partial charge in [0.1, 0.15) is 0 Å². The van der Waals surface area contributed by atoms with Crippen molar-refractivity contribution in [2.45, 2.75) is 32.1 Å². The molecule has 1 heteroatoms. The SMILES string of the molecule is c1ccc(Cc2[nH]c3c(c2-c2ccccc2)CCCC3)cc1. The number of nitrogens with one attached hydrogen (secondary N) is 1. The van der Waals surface area contributed by atoms with E-state index in [9.17, 15) is 0 Å². The molecule has 3 aromatic rings. The maximum atomic E-state index is 3.75. The molecular weight excluding hydrogens is 266 g/mol. The lowest BCUT2D eigenvalue weighted by molar-refractivity contribution is 0.677. The quantitative estimate of drug-likeness (QED) is 0.685. The Hall–Kier alpha value is -2.28. The molecule has 0 amide bonds. The molecule has 1 aliphatic rings. The van der Waals surface area contributed by atoms with Crippen LogP contribution in [0.5, 0.6) is 0 Å². The molecule has 4 rings (SSSR count). The Morgan fingerprint density at radius 1 is 0.773 bits per heavy atom. The van der Waals surface area contributed by atoms with Gasteiger partial charge in [0.15, 0.2) is 0 Å². The zero-order chi connectivity index (χ0) is 14.8. The molecule has 0 radical (unpaired) electrons. The second kappa shape index (κ2) is 5.84. The van der Waals surface area contributed by atoms with E-state index in [1.54, 1.807) is 5.56 Å². The summed E-state index contributed by atoms with van der Waals surface area (Å²) in [6.07, 6.45) is 6.02. The monoisotopic (exact) mass is 287 g/mol. The fraction of sp³-hybridized carbons (Fsp3) is 0.238. The van der Waals surface area contributed by atoms with Crippen molar-refractivity contribution in [2.24, 2.45) is 0 Å². The van der Waals surface area contributed by atoms with E-state index in [-0.39, 0.29) is 0 Å². The summed E-state index contributed by atoms with van der Waals surface area (Å²) in [5.41, 5.74) is 8.59. The van der Waals surface area contributed by atoms with Crippen LogP contribution in [0.4, 0.5) is 0 Å². The second-order valence-electron chi connectivity index (χ2n) is 6.17. The highest BCUT2D eigenvalue weighted by atomic mass is 14.7. The summed E-state index contributed by atoms with van der Waals surface area (Å²) in [4.78, 5) is 3.75.